The number of rotatable bonds is 9. The Kier molecular flexibility index (Phi) is 7.41. The standard InChI is InChI=1S/C22H25FN4OS/c1-16(2)14-27-20(13-12-17-8-4-3-5-9-17)25-26-22(27)29-15-21(28)24-19-11-7-6-10-18(19)23/h3-11,16H,12-15H2,1-2H3,(H,24,28). The third-order valence-electron chi connectivity index (χ3n) is 4.30. The van der Waals surface area contributed by atoms with Crippen LogP contribution in [-0.4, -0.2) is 26.4 Å². The summed E-state index contributed by atoms with van der Waals surface area (Å²) in [7, 11) is 0. The zero-order chi connectivity index (χ0) is 20.6. The fourth-order valence-corrected chi connectivity index (χ4v) is 3.71. The molecular formula is C22H25FN4OS. The lowest BCUT2D eigenvalue weighted by molar-refractivity contribution is -0.113. The molecule has 5 nitrogen and oxygen atoms in total. The first kappa shape index (κ1) is 21.0. The first-order valence-corrected chi connectivity index (χ1v) is 10.6. The maximum absolute atomic E-state index is 13.7. The summed E-state index contributed by atoms with van der Waals surface area (Å²) < 4.78 is 15.8. The number of benzene rings is 2. The Morgan fingerprint density at radius 2 is 1.79 bits per heavy atom. The molecule has 0 saturated heterocycles. The molecule has 3 aromatic rings. The Hall–Kier alpha value is -2.67. The summed E-state index contributed by atoms with van der Waals surface area (Å²) >= 11 is 1.32. The van der Waals surface area contributed by atoms with Gasteiger partial charge >= 0.3 is 0 Å². The average molecular weight is 413 g/mol. The highest BCUT2D eigenvalue weighted by Gasteiger charge is 2.16. The number of nitrogens with one attached hydrogen (secondary N) is 1. The van der Waals surface area contributed by atoms with Crippen molar-refractivity contribution in [2.24, 2.45) is 5.92 Å². The van der Waals surface area contributed by atoms with Gasteiger partial charge in [0.2, 0.25) is 5.91 Å². The number of amides is 1. The summed E-state index contributed by atoms with van der Waals surface area (Å²) in [6, 6.07) is 16.4. The second-order valence-corrected chi connectivity index (χ2v) is 8.15. The molecule has 0 unspecified atom stereocenters. The number of anilines is 1. The van der Waals surface area contributed by atoms with Crippen LogP contribution in [0.1, 0.15) is 25.2 Å². The number of para-hydroxylation sites is 1. The van der Waals surface area contributed by atoms with Gasteiger partial charge in [0.05, 0.1) is 11.4 Å². The second kappa shape index (κ2) is 10.2. The molecule has 0 atom stereocenters. The Bertz CT molecular complexity index is 943. The van der Waals surface area contributed by atoms with Gasteiger partial charge in [-0.15, -0.1) is 10.2 Å². The largest absolute Gasteiger partial charge is 0.323 e. The Labute approximate surface area is 174 Å². The van der Waals surface area contributed by atoms with Crippen molar-refractivity contribution in [3.8, 4) is 0 Å². The van der Waals surface area contributed by atoms with Gasteiger partial charge < -0.3 is 9.88 Å². The van der Waals surface area contributed by atoms with Crippen molar-refractivity contribution in [2.45, 2.75) is 38.4 Å². The first-order chi connectivity index (χ1) is 14.0. The van der Waals surface area contributed by atoms with E-state index in [9.17, 15) is 9.18 Å². The Morgan fingerprint density at radius 3 is 2.52 bits per heavy atom. The molecule has 0 spiro atoms. The fourth-order valence-electron chi connectivity index (χ4n) is 2.94. The van der Waals surface area contributed by atoms with Gasteiger partial charge in [0.25, 0.3) is 0 Å². The van der Waals surface area contributed by atoms with E-state index in [4.69, 9.17) is 0 Å². The molecule has 2 aromatic carbocycles. The number of aryl methyl sites for hydroxylation is 2. The van der Waals surface area contributed by atoms with Gasteiger partial charge in [-0.25, -0.2) is 4.39 Å². The molecule has 1 N–H and O–H groups in total. The molecule has 0 saturated carbocycles. The van der Waals surface area contributed by atoms with Crippen LogP contribution in [0.2, 0.25) is 0 Å². The summed E-state index contributed by atoms with van der Waals surface area (Å²) in [5, 5.41) is 12.0. The van der Waals surface area contributed by atoms with E-state index in [-0.39, 0.29) is 17.3 Å². The van der Waals surface area contributed by atoms with E-state index < -0.39 is 5.82 Å². The van der Waals surface area contributed by atoms with Gasteiger partial charge in [0.1, 0.15) is 11.6 Å². The van der Waals surface area contributed by atoms with Crippen molar-refractivity contribution in [3.05, 3.63) is 71.8 Å². The zero-order valence-corrected chi connectivity index (χ0v) is 17.5. The summed E-state index contributed by atoms with van der Waals surface area (Å²) in [6.45, 7) is 5.06. The molecule has 0 fully saturated rings. The molecule has 7 heteroatoms. The van der Waals surface area contributed by atoms with E-state index in [1.54, 1.807) is 18.2 Å². The monoisotopic (exact) mass is 412 g/mol. The minimum absolute atomic E-state index is 0.142. The molecule has 0 radical (unpaired) electrons. The highest BCUT2D eigenvalue weighted by atomic mass is 32.2. The smallest absolute Gasteiger partial charge is 0.234 e. The molecule has 1 heterocycles. The molecule has 3 rings (SSSR count). The zero-order valence-electron chi connectivity index (χ0n) is 16.6. The predicted octanol–water partition coefficient (Wildman–Crippen LogP) is 4.59. The lowest BCUT2D eigenvalue weighted by Crippen LogP contribution is -2.16. The van der Waals surface area contributed by atoms with Crippen molar-refractivity contribution >= 4 is 23.4 Å². The average Bonchev–Trinajstić information content (AvgIpc) is 3.08. The van der Waals surface area contributed by atoms with Crippen LogP contribution in [0.25, 0.3) is 0 Å². The third-order valence-corrected chi connectivity index (χ3v) is 5.27. The number of carbonyl (C=O) groups is 1. The highest BCUT2D eigenvalue weighted by Crippen LogP contribution is 2.21. The third kappa shape index (κ3) is 6.15. The van der Waals surface area contributed by atoms with Crippen molar-refractivity contribution in [1.29, 1.82) is 0 Å². The van der Waals surface area contributed by atoms with Crippen LogP contribution in [0.3, 0.4) is 0 Å². The summed E-state index contributed by atoms with van der Waals surface area (Å²) in [5.74, 6) is 0.762. The molecule has 152 valence electrons. The Morgan fingerprint density at radius 1 is 1.07 bits per heavy atom. The molecule has 1 amide bonds. The number of thioether (sulfide) groups is 1. The van der Waals surface area contributed by atoms with Crippen LogP contribution < -0.4 is 5.32 Å². The first-order valence-electron chi connectivity index (χ1n) is 9.66. The van der Waals surface area contributed by atoms with Crippen LogP contribution in [-0.2, 0) is 24.2 Å². The van der Waals surface area contributed by atoms with Gasteiger partial charge in [-0.3, -0.25) is 4.79 Å². The normalized spacial score (nSPS) is 11.0. The van der Waals surface area contributed by atoms with E-state index >= 15 is 0 Å². The SMILES string of the molecule is CC(C)Cn1c(CCc2ccccc2)nnc1SCC(=O)Nc1ccccc1F. The molecule has 0 aliphatic rings. The van der Waals surface area contributed by atoms with Crippen molar-refractivity contribution in [2.75, 3.05) is 11.1 Å². The van der Waals surface area contributed by atoms with Crippen LogP contribution in [0, 0.1) is 11.7 Å². The molecular weight excluding hydrogens is 387 g/mol. The van der Waals surface area contributed by atoms with Crippen LogP contribution in [0.5, 0.6) is 0 Å². The van der Waals surface area contributed by atoms with Crippen molar-refractivity contribution in [3.63, 3.8) is 0 Å². The van der Waals surface area contributed by atoms with E-state index in [2.05, 4.69) is 46.1 Å². The number of hydrogen-bond acceptors (Lipinski definition) is 4. The van der Waals surface area contributed by atoms with Gasteiger partial charge in [-0.2, -0.15) is 0 Å². The van der Waals surface area contributed by atoms with Gasteiger partial charge in [0, 0.05) is 13.0 Å². The summed E-state index contributed by atoms with van der Waals surface area (Å²) in [6.07, 6.45) is 1.67. The maximum atomic E-state index is 13.7. The van der Waals surface area contributed by atoms with E-state index in [1.165, 1.54) is 23.4 Å². The predicted molar refractivity (Wildman–Crippen MR) is 114 cm³/mol. The molecule has 1 aromatic heterocycles. The van der Waals surface area contributed by atoms with Crippen LogP contribution in [0.15, 0.2) is 59.8 Å². The van der Waals surface area contributed by atoms with Crippen molar-refractivity contribution in [1.82, 2.24) is 14.8 Å². The van der Waals surface area contributed by atoms with E-state index in [1.807, 2.05) is 18.2 Å². The summed E-state index contributed by atoms with van der Waals surface area (Å²) in [4.78, 5) is 12.2. The quantitative estimate of drug-likeness (QED) is 0.522. The minimum Gasteiger partial charge on any atom is -0.323 e. The van der Waals surface area contributed by atoms with Crippen molar-refractivity contribution < 1.29 is 9.18 Å². The van der Waals surface area contributed by atoms with E-state index in [0.717, 1.165) is 25.2 Å². The number of carbonyl (C=O) groups excluding carboxylic acids is 1. The molecule has 0 aliphatic carbocycles. The second-order valence-electron chi connectivity index (χ2n) is 7.21. The topological polar surface area (TPSA) is 59.8 Å². The lowest BCUT2D eigenvalue weighted by atomic mass is 10.1. The van der Waals surface area contributed by atoms with Gasteiger partial charge in [-0.05, 0) is 30.0 Å². The number of aromatic nitrogens is 3. The minimum atomic E-state index is -0.447. The van der Waals surface area contributed by atoms with Gasteiger partial charge in [-0.1, -0.05) is 68.1 Å². The maximum Gasteiger partial charge on any atom is 0.234 e. The lowest BCUT2D eigenvalue weighted by Gasteiger charge is -2.12. The highest BCUT2D eigenvalue weighted by molar-refractivity contribution is 7.99. The fraction of sp³-hybridized carbons (Fsp3) is 0.318. The molecule has 29 heavy (non-hydrogen) atoms. The summed E-state index contributed by atoms with van der Waals surface area (Å²) in [5.41, 5.74) is 1.44. The van der Waals surface area contributed by atoms with Gasteiger partial charge in [0.15, 0.2) is 5.16 Å². The van der Waals surface area contributed by atoms with Crippen LogP contribution >= 0.6 is 11.8 Å². The molecule has 0 aliphatic heterocycles. The van der Waals surface area contributed by atoms with E-state index in [0.29, 0.717) is 11.1 Å². The number of nitrogens with zero attached hydrogens (tertiary/aromatic N) is 3. The molecule has 0 bridgehead atoms. The number of halogens is 1. The Balaban J connectivity index is 1.64. The van der Waals surface area contributed by atoms with Crippen LogP contribution in [0.4, 0.5) is 10.1 Å². The number of hydrogen-bond donors (Lipinski definition) is 1.